The van der Waals surface area contributed by atoms with Crippen molar-refractivity contribution in [2.75, 3.05) is 6.61 Å². The minimum Gasteiger partial charge on any atom is -0.481 e. The number of hydrogen-bond acceptors (Lipinski definition) is 4. The SMILES string of the molecule is CC#CCOc1ccc(S(=O)(=O)N[C@@H](Cc2c[nH]c3ccc(F)cc23)C(=O)O)cc1. The molecule has 0 radical (unpaired) electrons. The fourth-order valence-electron chi connectivity index (χ4n) is 2.88. The Balaban J connectivity index is 1.78. The second-order valence-electron chi connectivity index (χ2n) is 6.41. The average Bonchev–Trinajstić information content (AvgIpc) is 3.10. The van der Waals surface area contributed by atoms with Crippen LogP contribution in [0.5, 0.6) is 5.75 Å². The van der Waals surface area contributed by atoms with Gasteiger partial charge in [-0.25, -0.2) is 12.8 Å². The van der Waals surface area contributed by atoms with Crippen LogP contribution in [0.2, 0.25) is 0 Å². The van der Waals surface area contributed by atoms with Gasteiger partial charge in [-0.1, -0.05) is 5.92 Å². The molecule has 0 saturated carbocycles. The first-order valence-corrected chi connectivity index (χ1v) is 10.4. The predicted octanol–water partition coefficient (Wildman–Crippen LogP) is 2.68. The molecule has 3 rings (SSSR count). The molecule has 0 aliphatic heterocycles. The molecule has 2 aromatic carbocycles. The molecule has 0 saturated heterocycles. The van der Waals surface area contributed by atoms with Gasteiger partial charge < -0.3 is 14.8 Å². The van der Waals surface area contributed by atoms with Crippen molar-refractivity contribution in [1.29, 1.82) is 0 Å². The third-order valence-electron chi connectivity index (χ3n) is 4.37. The maximum Gasteiger partial charge on any atom is 0.322 e. The standard InChI is InChI=1S/C21H19FN2O5S/c1-2-3-10-29-16-5-7-17(8-6-16)30(27,28)24-20(21(25)26)11-14-13-23-19-9-4-15(22)12-18(14)19/h4-9,12-13,20,23-24H,10-11H2,1H3,(H,25,26)/t20-/m0/s1. The lowest BCUT2D eigenvalue weighted by Gasteiger charge is -2.15. The highest BCUT2D eigenvalue weighted by Crippen LogP contribution is 2.22. The normalized spacial score (nSPS) is 12.2. The largest absolute Gasteiger partial charge is 0.481 e. The van der Waals surface area contributed by atoms with E-state index in [0.717, 1.165) is 0 Å². The van der Waals surface area contributed by atoms with E-state index >= 15 is 0 Å². The number of rotatable bonds is 8. The van der Waals surface area contributed by atoms with Crippen LogP contribution in [-0.2, 0) is 21.2 Å². The number of carboxylic acid groups (broad SMARTS) is 1. The maximum absolute atomic E-state index is 13.6. The maximum atomic E-state index is 13.6. The van der Waals surface area contributed by atoms with E-state index < -0.39 is 27.9 Å². The zero-order valence-corrected chi connectivity index (χ0v) is 16.8. The van der Waals surface area contributed by atoms with E-state index in [4.69, 9.17) is 4.74 Å². The molecule has 7 nitrogen and oxygen atoms in total. The zero-order valence-electron chi connectivity index (χ0n) is 16.0. The lowest BCUT2D eigenvalue weighted by atomic mass is 10.1. The quantitative estimate of drug-likeness (QED) is 0.476. The van der Waals surface area contributed by atoms with Crippen molar-refractivity contribution in [1.82, 2.24) is 9.71 Å². The first-order valence-electron chi connectivity index (χ1n) is 8.93. The van der Waals surface area contributed by atoms with Crippen LogP contribution >= 0.6 is 0 Å². The third kappa shape index (κ3) is 4.97. The van der Waals surface area contributed by atoms with Crippen LogP contribution < -0.4 is 9.46 Å². The number of H-pyrrole nitrogens is 1. The van der Waals surface area contributed by atoms with Gasteiger partial charge in [-0.05, 0) is 55.0 Å². The van der Waals surface area contributed by atoms with E-state index in [9.17, 15) is 22.7 Å². The molecule has 0 unspecified atom stereocenters. The van der Waals surface area contributed by atoms with E-state index in [2.05, 4.69) is 21.5 Å². The minimum absolute atomic E-state index is 0.104. The number of carboxylic acids is 1. The number of aromatic nitrogens is 1. The summed E-state index contributed by atoms with van der Waals surface area (Å²) in [6, 6.07) is 8.21. The van der Waals surface area contributed by atoms with Crippen molar-refractivity contribution in [3.8, 4) is 17.6 Å². The van der Waals surface area contributed by atoms with Crippen LogP contribution in [0.4, 0.5) is 4.39 Å². The van der Waals surface area contributed by atoms with Gasteiger partial charge in [-0.15, -0.1) is 5.92 Å². The average molecular weight is 430 g/mol. The van der Waals surface area contributed by atoms with E-state index in [0.29, 0.717) is 22.2 Å². The molecule has 0 fully saturated rings. The Morgan fingerprint density at radius 3 is 2.67 bits per heavy atom. The van der Waals surface area contributed by atoms with Gasteiger partial charge in [0.05, 0.1) is 4.90 Å². The van der Waals surface area contributed by atoms with Crippen LogP contribution in [-0.4, -0.2) is 37.1 Å². The number of ether oxygens (including phenoxy) is 1. The number of hydrogen-bond donors (Lipinski definition) is 3. The van der Waals surface area contributed by atoms with Crippen molar-refractivity contribution in [2.45, 2.75) is 24.3 Å². The molecule has 1 heterocycles. The zero-order chi connectivity index (χ0) is 21.7. The van der Waals surface area contributed by atoms with Gasteiger partial charge in [-0.3, -0.25) is 4.79 Å². The molecule has 0 bridgehead atoms. The molecule has 3 aromatic rings. The lowest BCUT2D eigenvalue weighted by Crippen LogP contribution is -2.42. The summed E-state index contributed by atoms with van der Waals surface area (Å²) in [4.78, 5) is 14.5. The molecule has 156 valence electrons. The van der Waals surface area contributed by atoms with Crippen molar-refractivity contribution < 1.29 is 27.4 Å². The molecular weight excluding hydrogens is 411 g/mol. The van der Waals surface area contributed by atoms with Crippen molar-refractivity contribution in [3.63, 3.8) is 0 Å². The summed E-state index contributed by atoms with van der Waals surface area (Å²) in [7, 11) is -4.11. The Hall–Kier alpha value is -3.35. The molecule has 9 heteroatoms. The van der Waals surface area contributed by atoms with Gasteiger partial charge in [0.25, 0.3) is 0 Å². The van der Waals surface area contributed by atoms with Gasteiger partial charge >= 0.3 is 5.97 Å². The van der Waals surface area contributed by atoms with Crippen LogP contribution in [0.1, 0.15) is 12.5 Å². The fourth-order valence-corrected chi connectivity index (χ4v) is 4.07. The highest BCUT2D eigenvalue weighted by atomic mass is 32.2. The lowest BCUT2D eigenvalue weighted by molar-refractivity contribution is -0.138. The van der Waals surface area contributed by atoms with Crippen LogP contribution in [0.3, 0.4) is 0 Å². The van der Waals surface area contributed by atoms with E-state index in [-0.39, 0.29) is 17.9 Å². The van der Waals surface area contributed by atoms with Crippen molar-refractivity contribution in [2.24, 2.45) is 0 Å². The smallest absolute Gasteiger partial charge is 0.322 e. The summed E-state index contributed by atoms with van der Waals surface area (Å²) in [5, 5.41) is 10.0. The molecule has 0 aliphatic rings. The third-order valence-corrected chi connectivity index (χ3v) is 5.86. The van der Waals surface area contributed by atoms with Crippen molar-refractivity contribution in [3.05, 3.63) is 60.0 Å². The first-order chi connectivity index (χ1) is 14.3. The van der Waals surface area contributed by atoms with Crippen LogP contribution in [0.15, 0.2) is 53.6 Å². The topological polar surface area (TPSA) is 108 Å². The number of fused-ring (bicyclic) bond motifs is 1. The molecule has 1 atom stereocenters. The summed E-state index contributed by atoms with van der Waals surface area (Å²) in [6.45, 7) is 1.85. The fraction of sp³-hybridized carbons (Fsp3) is 0.190. The molecule has 30 heavy (non-hydrogen) atoms. The number of halogens is 1. The number of nitrogens with one attached hydrogen (secondary N) is 2. The highest BCUT2D eigenvalue weighted by molar-refractivity contribution is 7.89. The molecule has 1 aromatic heterocycles. The number of aliphatic carboxylic acids is 1. The second-order valence-corrected chi connectivity index (χ2v) is 8.12. The summed E-state index contributed by atoms with van der Waals surface area (Å²) < 4.78 is 46.4. The first kappa shape index (κ1) is 21.4. The number of carbonyl (C=O) groups is 1. The van der Waals surface area contributed by atoms with Crippen LogP contribution in [0.25, 0.3) is 10.9 Å². The van der Waals surface area contributed by atoms with E-state index in [1.54, 1.807) is 13.1 Å². The number of sulfonamides is 1. The van der Waals surface area contributed by atoms with Gasteiger partial charge in [0, 0.05) is 23.5 Å². The summed E-state index contributed by atoms with van der Waals surface area (Å²) in [5.74, 6) is 4.02. The minimum atomic E-state index is -4.11. The molecule has 0 amide bonds. The van der Waals surface area contributed by atoms with Gasteiger partial charge in [-0.2, -0.15) is 4.72 Å². The van der Waals surface area contributed by atoms with Gasteiger partial charge in [0.15, 0.2) is 0 Å². The molecule has 0 spiro atoms. The van der Waals surface area contributed by atoms with Gasteiger partial charge in [0.1, 0.15) is 24.2 Å². The second kappa shape index (κ2) is 8.98. The number of benzene rings is 2. The Bertz CT molecular complexity index is 1220. The Morgan fingerprint density at radius 1 is 1.27 bits per heavy atom. The van der Waals surface area contributed by atoms with E-state index in [1.807, 2.05) is 0 Å². The van der Waals surface area contributed by atoms with Gasteiger partial charge in [0.2, 0.25) is 10.0 Å². The summed E-state index contributed by atoms with van der Waals surface area (Å²) in [5.41, 5.74) is 1.11. The number of aromatic amines is 1. The molecule has 0 aliphatic carbocycles. The summed E-state index contributed by atoms with van der Waals surface area (Å²) >= 11 is 0. The Kier molecular flexibility index (Phi) is 6.40. The molecular formula is C21H19FN2O5S. The Labute approximate surface area is 172 Å². The Morgan fingerprint density at radius 2 is 2.00 bits per heavy atom. The van der Waals surface area contributed by atoms with Crippen LogP contribution in [0, 0.1) is 17.7 Å². The predicted molar refractivity (Wildman–Crippen MR) is 109 cm³/mol. The van der Waals surface area contributed by atoms with Crippen molar-refractivity contribution >= 4 is 26.9 Å². The summed E-state index contributed by atoms with van der Waals surface area (Å²) in [6.07, 6.45) is 1.38. The molecule has 3 N–H and O–H groups in total. The monoisotopic (exact) mass is 430 g/mol. The van der Waals surface area contributed by atoms with E-state index in [1.165, 1.54) is 42.5 Å². The highest BCUT2D eigenvalue weighted by Gasteiger charge is 2.26.